The molecule has 0 atom stereocenters. The van der Waals surface area contributed by atoms with Crippen molar-refractivity contribution in [2.24, 2.45) is 0 Å². The lowest BCUT2D eigenvalue weighted by atomic mass is 10.4. The molecule has 2 N–H and O–H groups in total. The summed E-state index contributed by atoms with van der Waals surface area (Å²) in [7, 11) is 0. The van der Waals surface area contributed by atoms with E-state index in [2.05, 4.69) is 10.6 Å². The third kappa shape index (κ3) is 5.32. The van der Waals surface area contributed by atoms with E-state index in [0.29, 0.717) is 13.0 Å². The van der Waals surface area contributed by atoms with Crippen molar-refractivity contribution in [1.29, 1.82) is 0 Å². The minimum atomic E-state index is -0.0665. The van der Waals surface area contributed by atoms with Crippen molar-refractivity contribution >= 4 is 24.2 Å². The van der Waals surface area contributed by atoms with Gasteiger partial charge in [-0.1, -0.05) is 6.92 Å². The zero-order valence-electron chi connectivity index (χ0n) is 9.62. The van der Waals surface area contributed by atoms with Gasteiger partial charge in [0, 0.05) is 26.1 Å². The normalized spacial score (nSPS) is 14.8. The quantitative estimate of drug-likeness (QED) is 0.639. The number of rotatable bonds is 6. The van der Waals surface area contributed by atoms with Gasteiger partial charge in [0.25, 0.3) is 0 Å². The number of hydrogen-bond donors (Lipinski definition) is 2. The summed E-state index contributed by atoms with van der Waals surface area (Å²) in [5, 5.41) is 5.88. The summed E-state index contributed by atoms with van der Waals surface area (Å²) < 4.78 is 0. The van der Waals surface area contributed by atoms with Crippen LogP contribution in [-0.4, -0.2) is 49.4 Å². The number of carbonyl (C=O) groups excluding carboxylic acids is 2. The number of hydrogen-bond acceptors (Lipinski definition) is 3. The highest BCUT2D eigenvalue weighted by molar-refractivity contribution is 5.86. The van der Waals surface area contributed by atoms with Crippen molar-refractivity contribution in [2.75, 3.05) is 32.7 Å². The first-order valence-corrected chi connectivity index (χ1v) is 5.49. The van der Waals surface area contributed by atoms with E-state index in [0.717, 1.165) is 26.1 Å². The number of likely N-dealkylation sites (N-methyl/N-ethyl adjacent to an activating group) is 1. The number of carbonyl (C=O) groups is 2. The Kier molecular flexibility index (Phi) is 7.93. The van der Waals surface area contributed by atoms with E-state index in [4.69, 9.17) is 0 Å². The average Bonchev–Trinajstić information content (AvgIpc) is 2.59. The Morgan fingerprint density at radius 2 is 2.19 bits per heavy atom. The predicted octanol–water partition coefficient (Wildman–Crippen LogP) is -0.244. The maximum atomic E-state index is 11.4. The van der Waals surface area contributed by atoms with Gasteiger partial charge < -0.3 is 15.5 Å². The Hall–Kier alpha value is -0.810. The first-order chi connectivity index (χ1) is 7.24. The fraction of sp³-hybridized carbons (Fsp3) is 0.800. The fourth-order valence-corrected chi connectivity index (χ4v) is 1.57. The van der Waals surface area contributed by atoms with Crippen LogP contribution in [0.4, 0.5) is 0 Å². The van der Waals surface area contributed by atoms with Gasteiger partial charge in [0.15, 0.2) is 0 Å². The molecule has 94 valence electrons. The zero-order chi connectivity index (χ0) is 11.1. The van der Waals surface area contributed by atoms with Crippen molar-refractivity contribution in [2.45, 2.75) is 19.8 Å². The molecule has 0 aromatic rings. The molecular weight excluding hydrogens is 230 g/mol. The maximum absolute atomic E-state index is 11.4. The van der Waals surface area contributed by atoms with E-state index in [1.807, 2.05) is 6.92 Å². The second kappa shape index (κ2) is 8.35. The van der Waals surface area contributed by atoms with Gasteiger partial charge in [-0.2, -0.15) is 0 Å². The highest BCUT2D eigenvalue weighted by Gasteiger charge is 2.21. The van der Waals surface area contributed by atoms with Crippen LogP contribution in [-0.2, 0) is 9.59 Å². The molecule has 1 aliphatic rings. The van der Waals surface area contributed by atoms with E-state index in [1.54, 1.807) is 4.90 Å². The summed E-state index contributed by atoms with van der Waals surface area (Å²) in [6, 6.07) is 0. The molecule has 1 rings (SSSR count). The van der Waals surface area contributed by atoms with Gasteiger partial charge in [0.2, 0.25) is 11.8 Å². The van der Waals surface area contributed by atoms with Crippen molar-refractivity contribution in [1.82, 2.24) is 15.5 Å². The highest BCUT2D eigenvalue weighted by atomic mass is 35.5. The monoisotopic (exact) mass is 249 g/mol. The molecule has 6 heteroatoms. The molecule has 1 saturated heterocycles. The summed E-state index contributed by atoms with van der Waals surface area (Å²) >= 11 is 0. The third-order valence-corrected chi connectivity index (χ3v) is 2.38. The maximum Gasteiger partial charge on any atom is 0.239 e. The molecule has 5 nitrogen and oxygen atoms in total. The van der Waals surface area contributed by atoms with Crippen LogP contribution in [0.2, 0.25) is 0 Å². The summed E-state index contributed by atoms with van der Waals surface area (Å²) in [6.45, 7) is 5.25. The second-order valence-corrected chi connectivity index (χ2v) is 3.62. The highest BCUT2D eigenvalue weighted by Crippen LogP contribution is 2.08. The average molecular weight is 250 g/mol. The molecule has 0 bridgehead atoms. The summed E-state index contributed by atoms with van der Waals surface area (Å²) in [5.41, 5.74) is 0. The number of halogens is 1. The number of nitrogens with one attached hydrogen (secondary N) is 2. The first kappa shape index (κ1) is 15.2. The number of likely N-dealkylation sites (tertiary alicyclic amines) is 1. The molecule has 1 fully saturated rings. The van der Waals surface area contributed by atoms with Crippen LogP contribution in [0.3, 0.4) is 0 Å². The lowest BCUT2D eigenvalue weighted by Gasteiger charge is -2.14. The molecule has 0 unspecified atom stereocenters. The minimum absolute atomic E-state index is 0. The van der Waals surface area contributed by atoms with Crippen LogP contribution in [0.1, 0.15) is 19.8 Å². The van der Waals surface area contributed by atoms with Crippen LogP contribution in [0.25, 0.3) is 0 Å². The molecule has 0 radical (unpaired) electrons. The topological polar surface area (TPSA) is 61.4 Å². The van der Waals surface area contributed by atoms with Gasteiger partial charge in [0.05, 0.1) is 6.54 Å². The Balaban J connectivity index is 0.00000225. The lowest BCUT2D eigenvalue weighted by Crippen LogP contribution is -2.40. The van der Waals surface area contributed by atoms with E-state index >= 15 is 0 Å². The van der Waals surface area contributed by atoms with Gasteiger partial charge in [-0.3, -0.25) is 9.59 Å². The zero-order valence-corrected chi connectivity index (χ0v) is 10.4. The molecule has 0 saturated carbocycles. The Morgan fingerprint density at radius 3 is 2.75 bits per heavy atom. The molecule has 2 amide bonds. The van der Waals surface area contributed by atoms with Crippen molar-refractivity contribution in [3.05, 3.63) is 0 Å². The SMILES string of the molecule is CCNCCNC(=O)CN1CCCC1=O.Cl. The molecule has 0 spiro atoms. The molecule has 16 heavy (non-hydrogen) atoms. The van der Waals surface area contributed by atoms with E-state index in [1.165, 1.54) is 0 Å². The largest absolute Gasteiger partial charge is 0.353 e. The van der Waals surface area contributed by atoms with Crippen LogP contribution >= 0.6 is 12.4 Å². The minimum Gasteiger partial charge on any atom is -0.353 e. The van der Waals surface area contributed by atoms with Crippen LogP contribution in [0, 0.1) is 0 Å². The Labute approximate surface area is 102 Å². The third-order valence-electron chi connectivity index (χ3n) is 2.38. The summed E-state index contributed by atoms with van der Waals surface area (Å²) in [6.07, 6.45) is 1.47. The first-order valence-electron chi connectivity index (χ1n) is 5.49. The summed E-state index contributed by atoms with van der Waals surface area (Å²) in [5.74, 6) is 0.0278. The van der Waals surface area contributed by atoms with Crippen molar-refractivity contribution in [3.8, 4) is 0 Å². The fourth-order valence-electron chi connectivity index (χ4n) is 1.57. The van der Waals surface area contributed by atoms with E-state index in [9.17, 15) is 9.59 Å². The number of nitrogens with zero attached hydrogens (tertiary/aromatic N) is 1. The molecular formula is C10H20ClN3O2. The van der Waals surface area contributed by atoms with E-state index in [-0.39, 0.29) is 30.8 Å². The van der Waals surface area contributed by atoms with Crippen molar-refractivity contribution in [3.63, 3.8) is 0 Å². The molecule has 0 aromatic carbocycles. The van der Waals surface area contributed by atoms with E-state index < -0.39 is 0 Å². The van der Waals surface area contributed by atoms with Gasteiger partial charge in [-0.05, 0) is 13.0 Å². The molecule has 0 aromatic heterocycles. The van der Waals surface area contributed by atoms with Crippen LogP contribution in [0.5, 0.6) is 0 Å². The second-order valence-electron chi connectivity index (χ2n) is 3.62. The summed E-state index contributed by atoms with van der Waals surface area (Å²) in [4.78, 5) is 24.2. The van der Waals surface area contributed by atoms with Crippen LogP contribution in [0.15, 0.2) is 0 Å². The Morgan fingerprint density at radius 1 is 1.44 bits per heavy atom. The predicted molar refractivity (Wildman–Crippen MR) is 64.6 cm³/mol. The molecule has 1 aliphatic heterocycles. The smallest absolute Gasteiger partial charge is 0.239 e. The van der Waals surface area contributed by atoms with Gasteiger partial charge in [0.1, 0.15) is 0 Å². The van der Waals surface area contributed by atoms with Crippen LogP contribution < -0.4 is 10.6 Å². The molecule has 0 aliphatic carbocycles. The number of amides is 2. The molecule has 1 heterocycles. The van der Waals surface area contributed by atoms with Gasteiger partial charge >= 0.3 is 0 Å². The van der Waals surface area contributed by atoms with Gasteiger partial charge in [-0.15, -0.1) is 12.4 Å². The van der Waals surface area contributed by atoms with Gasteiger partial charge in [-0.25, -0.2) is 0 Å². The lowest BCUT2D eigenvalue weighted by molar-refractivity contribution is -0.133. The standard InChI is InChI=1S/C10H19N3O2.ClH/c1-2-11-5-6-12-9(14)8-13-7-3-4-10(13)15;/h11H,2-8H2,1H3,(H,12,14);1H. The van der Waals surface area contributed by atoms with Crippen molar-refractivity contribution < 1.29 is 9.59 Å². The Bertz CT molecular complexity index is 236.